The maximum Gasteiger partial charge on any atom is 0.336 e. The van der Waals surface area contributed by atoms with Crippen LogP contribution in [0.1, 0.15) is 29.5 Å². The van der Waals surface area contributed by atoms with Crippen molar-refractivity contribution in [2.45, 2.75) is 20.0 Å². The fourth-order valence-electron chi connectivity index (χ4n) is 1.63. The van der Waals surface area contributed by atoms with Gasteiger partial charge in [-0.25, -0.2) is 13.6 Å². The van der Waals surface area contributed by atoms with E-state index in [1.54, 1.807) is 0 Å². The largest absolute Gasteiger partial charge is 0.478 e. The molecule has 0 saturated heterocycles. The Balaban J connectivity index is 2.33. The molecule has 6 nitrogen and oxygen atoms in total. The number of hydrogen-bond donors (Lipinski definition) is 1. The Morgan fingerprint density at radius 2 is 2.10 bits per heavy atom. The molecule has 112 valence electrons. The Kier molecular flexibility index (Phi) is 4.59. The number of halogens is 2. The lowest BCUT2D eigenvalue weighted by atomic mass is 10.1. The van der Waals surface area contributed by atoms with Crippen molar-refractivity contribution in [3.8, 4) is 11.5 Å². The topological polar surface area (TPSA) is 85.5 Å². The molecule has 0 aliphatic rings. The maximum atomic E-state index is 13.3. The number of carbonyl (C=O) groups is 1. The first kappa shape index (κ1) is 15.0. The molecule has 21 heavy (non-hydrogen) atoms. The lowest BCUT2D eigenvalue weighted by Gasteiger charge is -2.02. The number of nitrogens with zero attached hydrogens (tertiary/aromatic N) is 2. The zero-order valence-electron chi connectivity index (χ0n) is 11.1. The fourth-order valence-corrected chi connectivity index (χ4v) is 1.63. The Morgan fingerprint density at radius 1 is 1.38 bits per heavy atom. The molecule has 1 aromatic carbocycles. The van der Waals surface area contributed by atoms with Crippen LogP contribution in [0.4, 0.5) is 8.78 Å². The van der Waals surface area contributed by atoms with Gasteiger partial charge in [-0.15, -0.1) is 0 Å². The molecule has 0 bridgehead atoms. The van der Waals surface area contributed by atoms with Crippen LogP contribution in [0.15, 0.2) is 16.7 Å². The molecule has 8 heteroatoms. The van der Waals surface area contributed by atoms with Gasteiger partial charge in [0.1, 0.15) is 6.61 Å². The first-order chi connectivity index (χ1) is 10.0. The van der Waals surface area contributed by atoms with E-state index >= 15 is 0 Å². The van der Waals surface area contributed by atoms with Crippen molar-refractivity contribution in [2.75, 3.05) is 6.61 Å². The van der Waals surface area contributed by atoms with Gasteiger partial charge in [0.15, 0.2) is 17.5 Å². The first-order valence-electron chi connectivity index (χ1n) is 6.16. The summed E-state index contributed by atoms with van der Waals surface area (Å²) in [5, 5.41) is 12.6. The van der Waals surface area contributed by atoms with Crippen LogP contribution in [0.2, 0.25) is 0 Å². The van der Waals surface area contributed by atoms with Crippen molar-refractivity contribution in [2.24, 2.45) is 0 Å². The van der Waals surface area contributed by atoms with Gasteiger partial charge in [-0.3, -0.25) is 0 Å². The van der Waals surface area contributed by atoms with Crippen LogP contribution in [0.25, 0.3) is 11.5 Å². The van der Waals surface area contributed by atoms with Crippen LogP contribution in [0.5, 0.6) is 0 Å². The van der Waals surface area contributed by atoms with E-state index in [1.165, 1.54) is 0 Å². The average Bonchev–Trinajstić information content (AvgIpc) is 2.90. The third kappa shape index (κ3) is 3.40. The number of aromatic carboxylic acids is 1. The highest BCUT2D eigenvalue weighted by atomic mass is 19.2. The van der Waals surface area contributed by atoms with E-state index in [0.29, 0.717) is 18.7 Å². The minimum absolute atomic E-state index is 0.0867. The third-order valence-corrected chi connectivity index (χ3v) is 2.57. The second-order valence-electron chi connectivity index (χ2n) is 4.19. The van der Waals surface area contributed by atoms with Crippen LogP contribution >= 0.6 is 0 Å². The Bertz CT molecular complexity index is 658. The predicted octanol–water partition coefficient (Wildman–Crippen LogP) is 2.64. The standard InChI is InChI=1S/C13H12F2N2O4/c1-2-3-20-6-11-16-12(21-17-11)7-4-9(14)10(15)5-8(7)13(18)19/h4-5H,2-3,6H2,1H3,(H,18,19). The van der Waals surface area contributed by atoms with E-state index in [-0.39, 0.29) is 23.9 Å². The molecule has 0 radical (unpaired) electrons. The van der Waals surface area contributed by atoms with Crippen LogP contribution in [0.3, 0.4) is 0 Å². The van der Waals surface area contributed by atoms with Crippen molar-refractivity contribution in [3.63, 3.8) is 0 Å². The van der Waals surface area contributed by atoms with Crippen molar-refractivity contribution in [3.05, 3.63) is 35.2 Å². The molecule has 1 N–H and O–H groups in total. The van der Waals surface area contributed by atoms with Gasteiger partial charge in [-0.05, 0) is 18.6 Å². The van der Waals surface area contributed by atoms with Crippen molar-refractivity contribution in [1.29, 1.82) is 0 Å². The lowest BCUT2D eigenvalue weighted by Crippen LogP contribution is -2.02. The summed E-state index contributed by atoms with van der Waals surface area (Å²) in [7, 11) is 0. The number of ether oxygens (including phenoxy) is 1. The van der Waals surface area contributed by atoms with Gasteiger partial charge in [-0.1, -0.05) is 12.1 Å². The van der Waals surface area contributed by atoms with E-state index in [1.807, 2.05) is 6.92 Å². The molecule has 0 fully saturated rings. The molecule has 0 amide bonds. The van der Waals surface area contributed by atoms with Crippen molar-refractivity contribution >= 4 is 5.97 Å². The molecule has 0 aliphatic carbocycles. The molecular weight excluding hydrogens is 286 g/mol. The van der Waals surface area contributed by atoms with Crippen molar-refractivity contribution < 1.29 is 27.9 Å². The minimum Gasteiger partial charge on any atom is -0.478 e. The van der Waals surface area contributed by atoms with Gasteiger partial charge < -0.3 is 14.4 Å². The highest BCUT2D eigenvalue weighted by molar-refractivity contribution is 5.94. The summed E-state index contributed by atoms with van der Waals surface area (Å²) >= 11 is 0. The molecule has 2 aromatic rings. The van der Waals surface area contributed by atoms with Crippen LogP contribution in [0, 0.1) is 11.6 Å². The van der Waals surface area contributed by atoms with E-state index in [0.717, 1.165) is 6.42 Å². The van der Waals surface area contributed by atoms with Crippen LogP contribution < -0.4 is 0 Å². The summed E-state index contributed by atoms with van der Waals surface area (Å²) in [6.45, 7) is 2.53. The summed E-state index contributed by atoms with van der Waals surface area (Å²) in [6.07, 6.45) is 0.817. The van der Waals surface area contributed by atoms with Gasteiger partial charge in [0.2, 0.25) is 0 Å². The molecule has 2 rings (SSSR count). The van der Waals surface area contributed by atoms with E-state index < -0.39 is 23.2 Å². The summed E-state index contributed by atoms with van der Waals surface area (Å²) in [5.74, 6) is -3.90. The highest BCUT2D eigenvalue weighted by Gasteiger charge is 2.21. The second kappa shape index (κ2) is 6.40. The van der Waals surface area contributed by atoms with E-state index in [4.69, 9.17) is 14.4 Å². The molecule has 0 aliphatic heterocycles. The van der Waals surface area contributed by atoms with Crippen LogP contribution in [-0.2, 0) is 11.3 Å². The molecule has 0 saturated carbocycles. The maximum absolute atomic E-state index is 13.3. The number of carboxylic acid groups (broad SMARTS) is 1. The highest BCUT2D eigenvalue weighted by Crippen LogP contribution is 2.25. The fraction of sp³-hybridized carbons (Fsp3) is 0.308. The van der Waals surface area contributed by atoms with Crippen LogP contribution in [-0.4, -0.2) is 27.8 Å². The predicted molar refractivity (Wildman–Crippen MR) is 66.6 cm³/mol. The monoisotopic (exact) mass is 298 g/mol. The molecule has 0 atom stereocenters. The summed E-state index contributed by atoms with van der Waals surface area (Å²) in [6, 6.07) is 1.29. The van der Waals surface area contributed by atoms with E-state index in [9.17, 15) is 13.6 Å². The zero-order valence-corrected chi connectivity index (χ0v) is 11.1. The van der Waals surface area contributed by atoms with Gasteiger partial charge in [0.25, 0.3) is 5.89 Å². The minimum atomic E-state index is -1.43. The Morgan fingerprint density at radius 3 is 2.76 bits per heavy atom. The lowest BCUT2D eigenvalue weighted by molar-refractivity contribution is 0.0696. The molecule has 0 spiro atoms. The number of carboxylic acids is 1. The Labute approximate surface area is 118 Å². The third-order valence-electron chi connectivity index (χ3n) is 2.57. The van der Waals surface area contributed by atoms with Crippen molar-refractivity contribution in [1.82, 2.24) is 10.1 Å². The quantitative estimate of drug-likeness (QED) is 0.825. The first-order valence-corrected chi connectivity index (χ1v) is 6.16. The molecular formula is C13H12F2N2O4. The van der Waals surface area contributed by atoms with E-state index in [2.05, 4.69) is 10.1 Å². The molecule has 0 unspecified atom stereocenters. The number of rotatable bonds is 6. The zero-order chi connectivity index (χ0) is 15.4. The SMILES string of the molecule is CCCOCc1noc(-c2cc(F)c(F)cc2C(=O)O)n1. The number of hydrogen-bond acceptors (Lipinski definition) is 5. The summed E-state index contributed by atoms with van der Waals surface area (Å²) in [4.78, 5) is 15.0. The average molecular weight is 298 g/mol. The normalized spacial score (nSPS) is 10.8. The van der Waals surface area contributed by atoms with Gasteiger partial charge in [-0.2, -0.15) is 4.98 Å². The van der Waals surface area contributed by atoms with Gasteiger partial charge in [0.05, 0.1) is 11.1 Å². The smallest absolute Gasteiger partial charge is 0.336 e. The summed E-state index contributed by atoms with van der Waals surface area (Å²) < 4.78 is 36.5. The molecule has 1 heterocycles. The number of aromatic nitrogens is 2. The second-order valence-corrected chi connectivity index (χ2v) is 4.19. The molecule has 1 aromatic heterocycles. The number of benzene rings is 1. The summed E-state index contributed by atoms with van der Waals surface area (Å²) in [5.41, 5.74) is -0.644. The van der Waals surface area contributed by atoms with Gasteiger partial charge >= 0.3 is 5.97 Å². The van der Waals surface area contributed by atoms with Gasteiger partial charge in [0, 0.05) is 6.61 Å². The Hall–Kier alpha value is -2.35.